The first-order valence-corrected chi connectivity index (χ1v) is 9.25. The molecule has 0 aliphatic carbocycles. The molecule has 2 aromatic rings. The minimum atomic E-state index is -0.945. The van der Waals surface area contributed by atoms with Crippen molar-refractivity contribution in [1.29, 1.82) is 0 Å². The third-order valence-electron chi connectivity index (χ3n) is 4.53. The number of carboxylic acid groups (broad SMARTS) is 1. The predicted molar refractivity (Wildman–Crippen MR) is 108 cm³/mol. The van der Waals surface area contributed by atoms with Gasteiger partial charge in [-0.05, 0) is 47.4 Å². The molecule has 0 aliphatic rings. The second-order valence-electron chi connectivity index (χ2n) is 6.31. The monoisotopic (exact) mass is 372 g/mol. The molecule has 0 saturated carbocycles. The van der Waals surface area contributed by atoms with Crippen LogP contribution in [0.2, 0.25) is 0 Å². The van der Waals surface area contributed by atoms with E-state index in [-0.39, 0.29) is 6.79 Å². The van der Waals surface area contributed by atoms with E-state index in [1.807, 2.05) is 18.2 Å². The zero-order chi connectivity index (χ0) is 19.8. The van der Waals surface area contributed by atoms with E-state index in [0.29, 0.717) is 17.9 Å². The fourth-order valence-electron chi connectivity index (χ4n) is 3.26. The minimum absolute atomic E-state index is 0.108. The third-order valence-corrected chi connectivity index (χ3v) is 4.53. The molecule has 0 unspecified atom stereocenters. The summed E-state index contributed by atoms with van der Waals surface area (Å²) in [6.45, 7) is 4.28. The number of aryl methyl sites for hydroxylation is 1. The van der Waals surface area contributed by atoms with Crippen LogP contribution in [0.25, 0.3) is 16.3 Å². The highest BCUT2D eigenvalue weighted by Gasteiger charge is 2.19. The van der Waals surface area contributed by atoms with E-state index in [2.05, 4.69) is 19.9 Å². The molecule has 0 saturated heterocycles. The number of hydrogen-bond acceptors (Lipinski definition) is 4. The van der Waals surface area contributed by atoms with E-state index < -0.39 is 5.97 Å². The van der Waals surface area contributed by atoms with Gasteiger partial charge in [-0.3, -0.25) is 0 Å². The minimum Gasteiger partial charge on any atom is -0.493 e. The van der Waals surface area contributed by atoms with Crippen molar-refractivity contribution in [3.8, 4) is 11.5 Å². The van der Waals surface area contributed by atoms with Crippen LogP contribution in [0, 0.1) is 0 Å². The number of unbranched alkanes of at least 4 members (excludes halogenated alkanes) is 1. The Morgan fingerprint density at radius 1 is 1.22 bits per heavy atom. The van der Waals surface area contributed by atoms with Gasteiger partial charge in [-0.15, -0.1) is 0 Å². The fraction of sp³-hybridized carbons (Fsp3) is 0.409. The zero-order valence-electron chi connectivity index (χ0n) is 16.5. The molecule has 0 radical (unpaired) electrons. The number of ether oxygens (including phenoxy) is 3. The number of rotatable bonds is 10. The van der Waals surface area contributed by atoms with Crippen molar-refractivity contribution in [3.05, 3.63) is 41.5 Å². The van der Waals surface area contributed by atoms with Gasteiger partial charge in [-0.1, -0.05) is 38.5 Å². The fourth-order valence-corrected chi connectivity index (χ4v) is 3.26. The van der Waals surface area contributed by atoms with Crippen molar-refractivity contribution in [3.63, 3.8) is 0 Å². The van der Waals surface area contributed by atoms with Crippen molar-refractivity contribution in [2.75, 3.05) is 21.0 Å². The number of hydrogen-bond donors (Lipinski definition) is 1. The largest absolute Gasteiger partial charge is 0.493 e. The van der Waals surface area contributed by atoms with E-state index in [4.69, 9.17) is 14.2 Å². The smallest absolute Gasteiger partial charge is 0.328 e. The summed E-state index contributed by atoms with van der Waals surface area (Å²) in [6, 6.07) is 7.93. The van der Waals surface area contributed by atoms with Crippen LogP contribution in [0.1, 0.15) is 44.2 Å². The van der Waals surface area contributed by atoms with Crippen LogP contribution in [-0.2, 0) is 16.0 Å². The van der Waals surface area contributed by atoms with Crippen molar-refractivity contribution < 1.29 is 24.1 Å². The third kappa shape index (κ3) is 4.80. The first-order chi connectivity index (χ1) is 13.1. The van der Waals surface area contributed by atoms with Gasteiger partial charge in [-0.2, -0.15) is 0 Å². The molecule has 27 heavy (non-hydrogen) atoms. The average molecular weight is 372 g/mol. The number of aliphatic carboxylic acids is 1. The molecular formula is C22H28O5. The van der Waals surface area contributed by atoms with E-state index in [1.165, 1.54) is 6.08 Å². The summed E-state index contributed by atoms with van der Waals surface area (Å²) in [4.78, 5) is 11.4. The quantitative estimate of drug-likeness (QED) is 0.467. The Morgan fingerprint density at radius 2 is 2.00 bits per heavy atom. The first-order valence-electron chi connectivity index (χ1n) is 9.25. The van der Waals surface area contributed by atoms with Crippen LogP contribution < -0.4 is 9.47 Å². The Hall–Kier alpha value is -2.53. The van der Waals surface area contributed by atoms with Crippen LogP contribution in [0.4, 0.5) is 0 Å². The summed E-state index contributed by atoms with van der Waals surface area (Å²) >= 11 is 0. The highest BCUT2D eigenvalue weighted by atomic mass is 16.7. The summed E-state index contributed by atoms with van der Waals surface area (Å²) in [5, 5.41) is 11.3. The molecule has 1 N–H and O–H groups in total. The molecule has 146 valence electrons. The summed E-state index contributed by atoms with van der Waals surface area (Å²) in [5.74, 6) is 0.253. The van der Waals surface area contributed by atoms with Gasteiger partial charge in [0.25, 0.3) is 0 Å². The molecule has 2 aromatic carbocycles. The Balaban J connectivity index is 2.82. The highest BCUT2D eigenvalue weighted by Crippen LogP contribution is 2.43. The van der Waals surface area contributed by atoms with E-state index in [0.717, 1.165) is 46.7 Å². The first kappa shape index (κ1) is 20.8. The number of allylic oxidation sites excluding steroid dienone is 1. The molecule has 0 spiro atoms. The van der Waals surface area contributed by atoms with Crippen LogP contribution in [0.5, 0.6) is 11.5 Å². The lowest BCUT2D eigenvalue weighted by atomic mass is 9.91. The maximum atomic E-state index is 11.4. The van der Waals surface area contributed by atoms with Crippen LogP contribution in [-0.4, -0.2) is 32.1 Å². The molecule has 5 nitrogen and oxygen atoms in total. The molecule has 0 heterocycles. The Kier molecular flexibility index (Phi) is 7.67. The lowest BCUT2D eigenvalue weighted by Crippen LogP contribution is -2.04. The molecule has 2 rings (SSSR count). The Morgan fingerprint density at radius 3 is 2.59 bits per heavy atom. The molecule has 0 aliphatic heterocycles. The maximum absolute atomic E-state index is 11.4. The van der Waals surface area contributed by atoms with Gasteiger partial charge in [0.2, 0.25) is 0 Å². The second kappa shape index (κ2) is 9.97. The van der Waals surface area contributed by atoms with Crippen LogP contribution in [0.15, 0.2) is 30.3 Å². The Bertz CT molecular complexity index is 823. The lowest BCUT2D eigenvalue weighted by molar-refractivity contribution is -0.131. The zero-order valence-corrected chi connectivity index (χ0v) is 16.5. The van der Waals surface area contributed by atoms with E-state index in [1.54, 1.807) is 14.2 Å². The van der Waals surface area contributed by atoms with Gasteiger partial charge in [-0.25, -0.2) is 4.79 Å². The summed E-state index contributed by atoms with van der Waals surface area (Å²) in [5.41, 5.74) is 2.78. The molecule has 5 heteroatoms. The normalized spacial score (nSPS) is 11.6. The van der Waals surface area contributed by atoms with Crippen molar-refractivity contribution in [2.45, 2.75) is 39.5 Å². The van der Waals surface area contributed by atoms with Crippen molar-refractivity contribution in [1.82, 2.24) is 0 Å². The van der Waals surface area contributed by atoms with Gasteiger partial charge in [0.05, 0.1) is 7.11 Å². The summed E-state index contributed by atoms with van der Waals surface area (Å²) in [6.07, 6.45) is 4.72. The molecule has 0 atom stereocenters. The maximum Gasteiger partial charge on any atom is 0.328 e. The Labute approximate surface area is 160 Å². The SMILES string of the molecule is CCCC/C(=C/C(=O)O)c1cc(OC)c(OCOC)c2c(CC)cccc12. The number of methoxy groups -OCH3 is 2. The average Bonchev–Trinajstić information content (AvgIpc) is 2.68. The number of benzene rings is 2. The van der Waals surface area contributed by atoms with Gasteiger partial charge in [0, 0.05) is 18.6 Å². The topological polar surface area (TPSA) is 65.0 Å². The second-order valence-corrected chi connectivity index (χ2v) is 6.31. The standard InChI is InChI=1S/C22H28O5/c1-5-7-9-16(12-20(23)24)18-13-19(26-4)22(27-14-25-3)21-15(6-2)10-8-11-17(18)21/h8,10-13H,5-7,9,14H2,1-4H3,(H,23,24)/b16-12-. The molecule has 0 fully saturated rings. The number of fused-ring (bicyclic) bond motifs is 1. The molecule has 0 aromatic heterocycles. The van der Waals surface area contributed by atoms with Gasteiger partial charge >= 0.3 is 5.97 Å². The van der Waals surface area contributed by atoms with E-state index >= 15 is 0 Å². The van der Waals surface area contributed by atoms with Crippen molar-refractivity contribution >= 4 is 22.3 Å². The van der Waals surface area contributed by atoms with Gasteiger partial charge < -0.3 is 19.3 Å². The molecule has 0 bridgehead atoms. The number of carbonyl (C=O) groups is 1. The lowest BCUT2D eigenvalue weighted by Gasteiger charge is -2.19. The van der Waals surface area contributed by atoms with Crippen LogP contribution in [0.3, 0.4) is 0 Å². The molecule has 0 amide bonds. The highest BCUT2D eigenvalue weighted by molar-refractivity contribution is 6.03. The summed E-state index contributed by atoms with van der Waals surface area (Å²) in [7, 11) is 3.16. The number of carboxylic acids is 1. The van der Waals surface area contributed by atoms with Crippen LogP contribution >= 0.6 is 0 Å². The van der Waals surface area contributed by atoms with Gasteiger partial charge in [0.15, 0.2) is 18.3 Å². The van der Waals surface area contributed by atoms with Gasteiger partial charge in [0.1, 0.15) is 0 Å². The van der Waals surface area contributed by atoms with E-state index in [9.17, 15) is 9.90 Å². The molecular weight excluding hydrogens is 344 g/mol. The van der Waals surface area contributed by atoms with Crippen molar-refractivity contribution in [2.24, 2.45) is 0 Å². The predicted octanol–water partition coefficient (Wildman–Crippen LogP) is 5.05. The summed E-state index contributed by atoms with van der Waals surface area (Å²) < 4.78 is 16.5.